The van der Waals surface area contributed by atoms with Crippen molar-refractivity contribution in [3.63, 3.8) is 0 Å². The number of carbonyl (C=O) groups is 2. The van der Waals surface area contributed by atoms with Crippen LogP contribution in [0.25, 0.3) is 0 Å². The zero-order valence-electron chi connectivity index (χ0n) is 11.5. The Balaban J connectivity index is 2.36. The lowest BCUT2D eigenvalue weighted by atomic mass is 10.3. The molecule has 1 heterocycles. The van der Waals surface area contributed by atoms with Crippen molar-refractivity contribution in [2.45, 2.75) is 40.6 Å². The minimum atomic E-state index is -3.74. The summed E-state index contributed by atoms with van der Waals surface area (Å²) in [6.07, 6.45) is -0.461. The van der Waals surface area contributed by atoms with Crippen molar-refractivity contribution in [2.75, 3.05) is 5.32 Å². The first-order valence-corrected chi connectivity index (χ1v) is 8.71. The van der Waals surface area contributed by atoms with Gasteiger partial charge >= 0.3 is 5.97 Å². The summed E-state index contributed by atoms with van der Waals surface area (Å²) >= 11 is 1.36. The van der Waals surface area contributed by atoms with Gasteiger partial charge in [0.25, 0.3) is 0 Å². The minimum Gasteiger partial charge on any atom is -0.481 e. The summed E-state index contributed by atoms with van der Waals surface area (Å²) < 4.78 is 24.6. The summed E-state index contributed by atoms with van der Waals surface area (Å²) in [4.78, 5) is 23.1. The van der Waals surface area contributed by atoms with Crippen LogP contribution in [0.15, 0.2) is 28.0 Å². The topological polar surface area (TPSA) is 101 Å². The molecule has 0 aliphatic carbocycles. The maximum Gasteiger partial charge on any atom is 0.304 e. The van der Waals surface area contributed by atoms with E-state index in [1.165, 1.54) is 30.8 Å². The number of fused-ring (bicyclic) bond motifs is 1. The highest BCUT2D eigenvalue weighted by Crippen LogP contribution is 2.37. The highest BCUT2D eigenvalue weighted by molar-refractivity contribution is 8.01. The lowest BCUT2D eigenvalue weighted by Crippen LogP contribution is -2.27. The number of anilines is 1. The van der Waals surface area contributed by atoms with Crippen LogP contribution < -0.4 is 5.32 Å². The van der Waals surface area contributed by atoms with E-state index < -0.39 is 27.5 Å². The van der Waals surface area contributed by atoms with Crippen LogP contribution in [0.1, 0.15) is 20.3 Å². The number of carboxylic acid groups (broad SMARTS) is 1. The van der Waals surface area contributed by atoms with E-state index in [0.717, 1.165) is 4.90 Å². The molecule has 8 heteroatoms. The summed E-state index contributed by atoms with van der Waals surface area (Å²) in [5.41, 5.74) is 0.451. The van der Waals surface area contributed by atoms with E-state index in [0.29, 0.717) is 5.69 Å². The smallest absolute Gasteiger partial charge is 0.304 e. The second-order valence-electron chi connectivity index (χ2n) is 4.86. The summed E-state index contributed by atoms with van der Waals surface area (Å²) in [5, 5.41) is 10.1. The summed E-state index contributed by atoms with van der Waals surface area (Å²) in [5.74, 6) is -1.35. The molecule has 1 aliphatic rings. The van der Waals surface area contributed by atoms with Crippen molar-refractivity contribution in [2.24, 2.45) is 0 Å². The van der Waals surface area contributed by atoms with Crippen molar-refractivity contribution >= 4 is 39.2 Å². The molecular weight excluding hydrogens is 314 g/mol. The van der Waals surface area contributed by atoms with Gasteiger partial charge in [-0.2, -0.15) is 0 Å². The van der Waals surface area contributed by atoms with Crippen LogP contribution in [0.4, 0.5) is 5.69 Å². The number of carbonyl (C=O) groups excluding carboxylic acids is 1. The molecule has 21 heavy (non-hydrogen) atoms. The van der Waals surface area contributed by atoms with E-state index in [1.54, 1.807) is 13.0 Å². The lowest BCUT2D eigenvalue weighted by Gasteiger charge is -2.22. The molecule has 114 valence electrons. The molecule has 0 saturated carbocycles. The molecule has 6 nitrogen and oxygen atoms in total. The van der Waals surface area contributed by atoms with Gasteiger partial charge in [0.15, 0.2) is 9.84 Å². The normalized spacial score (nSPS) is 19.5. The van der Waals surface area contributed by atoms with Gasteiger partial charge in [-0.1, -0.05) is 0 Å². The van der Waals surface area contributed by atoms with Crippen LogP contribution in [-0.4, -0.2) is 35.9 Å². The Labute approximate surface area is 126 Å². The van der Waals surface area contributed by atoms with Crippen LogP contribution >= 0.6 is 11.8 Å². The number of nitrogens with one attached hydrogen (secondary N) is 1. The SMILES string of the molecule is CC1Sc2ccc(S(=O)(=O)C(C)CC(=O)O)cc2NC1=O. The Hall–Kier alpha value is -1.54. The van der Waals surface area contributed by atoms with E-state index in [2.05, 4.69) is 5.32 Å². The molecule has 0 radical (unpaired) electrons. The molecule has 1 aliphatic heterocycles. The van der Waals surface area contributed by atoms with Gasteiger partial charge in [0.2, 0.25) is 5.91 Å². The maximum absolute atomic E-state index is 12.3. The third-order valence-electron chi connectivity index (χ3n) is 3.20. The molecule has 0 saturated heterocycles. The Morgan fingerprint density at radius 3 is 2.76 bits per heavy atom. The highest BCUT2D eigenvalue weighted by Gasteiger charge is 2.28. The Bertz CT molecular complexity index is 699. The van der Waals surface area contributed by atoms with Gasteiger partial charge in [0, 0.05) is 4.90 Å². The Morgan fingerprint density at radius 1 is 1.48 bits per heavy atom. The summed E-state index contributed by atoms with van der Waals surface area (Å²) in [7, 11) is -3.74. The highest BCUT2D eigenvalue weighted by atomic mass is 32.2. The molecule has 0 fully saturated rings. The average molecular weight is 329 g/mol. The largest absolute Gasteiger partial charge is 0.481 e. The molecule has 1 aromatic carbocycles. The number of carboxylic acids is 1. The van der Waals surface area contributed by atoms with E-state index in [9.17, 15) is 18.0 Å². The first-order chi connectivity index (χ1) is 9.71. The van der Waals surface area contributed by atoms with Crippen LogP contribution in [0, 0.1) is 0 Å². The van der Waals surface area contributed by atoms with Gasteiger partial charge in [-0.15, -0.1) is 11.8 Å². The van der Waals surface area contributed by atoms with Crippen LogP contribution in [-0.2, 0) is 19.4 Å². The number of hydrogen-bond donors (Lipinski definition) is 2. The monoisotopic (exact) mass is 329 g/mol. The van der Waals surface area contributed by atoms with Gasteiger partial charge in [-0.05, 0) is 32.0 Å². The quantitative estimate of drug-likeness (QED) is 0.873. The van der Waals surface area contributed by atoms with Crippen molar-refractivity contribution in [3.05, 3.63) is 18.2 Å². The number of hydrogen-bond acceptors (Lipinski definition) is 5. The molecule has 2 atom stereocenters. The molecule has 0 bridgehead atoms. The standard InChI is InChI=1S/C13H15NO5S2/c1-7(5-12(15)16)21(18,19)9-3-4-11-10(6-9)14-13(17)8(2)20-11/h3-4,6-8H,5H2,1-2H3,(H,14,17)(H,15,16). The molecular formula is C13H15NO5S2. The Morgan fingerprint density at radius 2 is 2.14 bits per heavy atom. The lowest BCUT2D eigenvalue weighted by molar-refractivity contribution is -0.136. The van der Waals surface area contributed by atoms with Crippen LogP contribution in [0.2, 0.25) is 0 Å². The van der Waals surface area contributed by atoms with Gasteiger partial charge in [-0.3, -0.25) is 9.59 Å². The second kappa shape index (κ2) is 5.69. The van der Waals surface area contributed by atoms with Gasteiger partial charge in [0.05, 0.1) is 27.5 Å². The van der Waals surface area contributed by atoms with Crippen molar-refractivity contribution < 1.29 is 23.1 Å². The summed E-state index contributed by atoms with van der Waals surface area (Å²) in [6, 6.07) is 4.47. The molecule has 0 spiro atoms. The van der Waals surface area contributed by atoms with E-state index in [4.69, 9.17) is 5.11 Å². The first-order valence-electron chi connectivity index (χ1n) is 6.29. The van der Waals surface area contributed by atoms with Crippen molar-refractivity contribution in [3.8, 4) is 0 Å². The minimum absolute atomic E-state index is 0.0189. The van der Waals surface area contributed by atoms with E-state index >= 15 is 0 Å². The number of aliphatic carboxylic acids is 1. The Kier molecular flexibility index (Phi) is 4.29. The fourth-order valence-electron chi connectivity index (χ4n) is 1.95. The van der Waals surface area contributed by atoms with Gasteiger partial charge < -0.3 is 10.4 Å². The summed E-state index contributed by atoms with van der Waals surface area (Å²) in [6.45, 7) is 3.13. The van der Waals surface area contributed by atoms with Crippen LogP contribution in [0.5, 0.6) is 0 Å². The van der Waals surface area contributed by atoms with Crippen molar-refractivity contribution in [1.29, 1.82) is 0 Å². The van der Waals surface area contributed by atoms with Crippen molar-refractivity contribution in [1.82, 2.24) is 0 Å². The average Bonchev–Trinajstić information content (AvgIpc) is 2.38. The fraction of sp³-hybridized carbons (Fsp3) is 0.385. The third-order valence-corrected chi connectivity index (χ3v) is 6.52. The number of amides is 1. The van der Waals surface area contributed by atoms with E-state index in [1.807, 2.05) is 0 Å². The molecule has 2 rings (SSSR count). The van der Waals surface area contributed by atoms with Gasteiger partial charge in [-0.25, -0.2) is 8.42 Å². The fourth-order valence-corrected chi connectivity index (χ4v) is 4.25. The zero-order valence-corrected chi connectivity index (χ0v) is 13.1. The maximum atomic E-state index is 12.3. The number of thioether (sulfide) groups is 1. The van der Waals surface area contributed by atoms with E-state index in [-0.39, 0.29) is 16.1 Å². The predicted molar refractivity (Wildman–Crippen MR) is 79.3 cm³/mol. The van der Waals surface area contributed by atoms with Gasteiger partial charge in [0.1, 0.15) is 0 Å². The zero-order chi connectivity index (χ0) is 15.8. The third kappa shape index (κ3) is 3.21. The molecule has 1 aromatic rings. The number of benzene rings is 1. The van der Waals surface area contributed by atoms with Crippen LogP contribution in [0.3, 0.4) is 0 Å². The first kappa shape index (κ1) is 15.8. The molecule has 2 unspecified atom stereocenters. The second-order valence-corrected chi connectivity index (χ2v) is 8.61. The molecule has 2 N–H and O–H groups in total. The number of rotatable bonds is 4. The predicted octanol–water partition coefficient (Wildman–Crippen LogP) is 1.76. The number of sulfone groups is 1. The molecule has 0 aromatic heterocycles. The molecule has 1 amide bonds.